The summed E-state index contributed by atoms with van der Waals surface area (Å²) in [5.41, 5.74) is 1.98. The van der Waals surface area contributed by atoms with Crippen LogP contribution >= 0.6 is 0 Å². The van der Waals surface area contributed by atoms with E-state index in [0.29, 0.717) is 56.9 Å². The zero-order chi connectivity index (χ0) is 28.3. The smallest absolute Gasteiger partial charge is 0.254 e. The molecule has 2 atom stereocenters. The molecule has 0 saturated heterocycles. The number of anilines is 1. The van der Waals surface area contributed by atoms with Crippen LogP contribution in [0, 0.1) is 0 Å². The Hall–Kier alpha value is -4.60. The lowest BCUT2D eigenvalue weighted by molar-refractivity contribution is -0.119. The molecule has 0 radical (unpaired) electrons. The van der Waals surface area contributed by atoms with Gasteiger partial charge >= 0.3 is 0 Å². The molecular weight excluding hydrogens is 504 g/mol. The van der Waals surface area contributed by atoms with Crippen molar-refractivity contribution >= 4 is 17.5 Å². The van der Waals surface area contributed by atoms with Crippen LogP contribution in [-0.4, -0.2) is 66.4 Å². The van der Waals surface area contributed by atoms with Crippen LogP contribution in [0.3, 0.4) is 0 Å². The molecule has 0 aromatic heterocycles. The monoisotopic (exact) mass is 536 g/mol. The SMILES string of the molecule is COc1ccc(NC(=O)[C@H]2c3cc(OC)c(OC)cc3C(=O)N(C)[C@@H]2c2ccc(OC)c(OC)c2)c(OC)c1. The largest absolute Gasteiger partial charge is 0.497 e. The Morgan fingerprint density at radius 3 is 1.95 bits per heavy atom. The van der Waals surface area contributed by atoms with Gasteiger partial charge in [0.1, 0.15) is 11.5 Å². The summed E-state index contributed by atoms with van der Waals surface area (Å²) in [5, 5.41) is 2.99. The van der Waals surface area contributed by atoms with E-state index in [1.54, 1.807) is 68.6 Å². The average molecular weight is 537 g/mol. The molecule has 3 aromatic carbocycles. The third-order valence-corrected chi connectivity index (χ3v) is 6.87. The number of benzene rings is 3. The van der Waals surface area contributed by atoms with Gasteiger partial charge in [0.25, 0.3) is 5.91 Å². The van der Waals surface area contributed by atoms with Crippen molar-refractivity contribution in [3.8, 4) is 34.5 Å². The number of methoxy groups -OCH3 is 6. The molecule has 1 heterocycles. The zero-order valence-electron chi connectivity index (χ0n) is 23.0. The second-order valence-electron chi connectivity index (χ2n) is 8.80. The van der Waals surface area contributed by atoms with Crippen molar-refractivity contribution in [1.29, 1.82) is 0 Å². The van der Waals surface area contributed by atoms with Gasteiger partial charge in [0.05, 0.1) is 60.3 Å². The van der Waals surface area contributed by atoms with Crippen molar-refractivity contribution < 1.29 is 38.0 Å². The Morgan fingerprint density at radius 1 is 0.718 bits per heavy atom. The predicted molar refractivity (Wildman–Crippen MR) is 145 cm³/mol. The Morgan fingerprint density at radius 2 is 1.33 bits per heavy atom. The van der Waals surface area contributed by atoms with Gasteiger partial charge in [0.2, 0.25) is 5.91 Å². The fourth-order valence-corrected chi connectivity index (χ4v) is 4.90. The molecule has 1 aliphatic heterocycles. The van der Waals surface area contributed by atoms with Crippen molar-refractivity contribution in [3.05, 3.63) is 65.2 Å². The number of nitrogens with one attached hydrogen (secondary N) is 1. The van der Waals surface area contributed by atoms with Crippen LogP contribution < -0.4 is 33.7 Å². The highest BCUT2D eigenvalue weighted by molar-refractivity contribution is 6.05. The summed E-state index contributed by atoms with van der Waals surface area (Å²) in [6.07, 6.45) is 0. The summed E-state index contributed by atoms with van der Waals surface area (Å²) in [6, 6.07) is 13.0. The summed E-state index contributed by atoms with van der Waals surface area (Å²) in [6.45, 7) is 0. The van der Waals surface area contributed by atoms with Gasteiger partial charge in [-0.05, 0) is 47.5 Å². The van der Waals surface area contributed by atoms with Gasteiger partial charge < -0.3 is 38.6 Å². The quantitative estimate of drug-likeness (QED) is 0.432. The van der Waals surface area contributed by atoms with Gasteiger partial charge in [0.15, 0.2) is 23.0 Å². The summed E-state index contributed by atoms with van der Waals surface area (Å²) >= 11 is 0. The molecule has 39 heavy (non-hydrogen) atoms. The maximum atomic E-state index is 14.2. The Bertz CT molecular complexity index is 1390. The molecule has 3 aromatic rings. The second kappa shape index (κ2) is 11.4. The summed E-state index contributed by atoms with van der Waals surface area (Å²) in [5.74, 6) is 1.34. The number of amides is 2. The van der Waals surface area contributed by atoms with E-state index in [1.807, 2.05) is 6.07 Å². The molecule has 10 nitrogen and oxygen atoms in total. The molecule has 206 valence electrons. The molecule has 4 rings (SSSR count). The van der Waals surface area contributed by atoms with Crippen LogP contribution in [0.15, 0.2) is 48.5 Å². The maximum absolute atomic E-state index is 14.2. The van der Waals surface area contributed by atoms with E-state index >= 15 is 0 Å². The molecule has 0 bridgehead atoms. The van der Waals surface area contributed by atoms with Gasteiger partial charge in [0, 0.05) is 18.7 Å². The first-order valence-corrected chi connectivity index (χ1v) is 12.1. The number of hydrogen-bond acceptors (Lipinski definition) is 8. The highest BCUT2D eigenvalue weighted by Crippen LogP contribution is 2.47. The van der Waals surface area contributed by atoms with E-state index in [4.69, 9.17) is 28.4 Å². The van der Waals surface area contributed by atoms with Gasteiger partial charge in [-0.1, -0.05) is 6.07 Å². The number of hydrogen-bond donors (Lipinski definition) is 1. The summed E-state index contributed by atoms with van der Waals surface area (Å²) in [7, 11) is 10.8. The zero-order valence-corrected chi connectivity index (χ0v) is 23.0. The van der Waals surface area contributed by atoms with Gasteiger partial charge in [-0.25, -0.2) is 0 Å². The molecule has 0 saturated carbocycles. The molecule has 1 aliphatic rings. The normalized spacial score (nSPS) is 16.2. The summed E-state index contributed by atoms with van der Waals surface area (Å²) < 4.78 is 32.7. The molecule has 2 amide bonds. The maximum Gasteiger partial charge on any atom is 0.254 e. The minimum absolute atomic E-state index is 0.267. The highest BCUT2D eigenvalue weighted by atomic mass is 16.5. The number of nitrogens with zero attached hydrogens (tertiary/aromatic N) is 1. The predicted octanol–water partition coefficient (Wildman–Crippen LogP) is 4.29. The topological polar surface area (TPSA) is 105 Å². The minimum Gasteiger partial charge on any atom is -0.497 e. The van der Waals surface area contributed by atoms with E-state index in [1.165, 1.54) is 28.4 Å². The fourth-order valence-electron chi connectivity index (χ4n) is 4.90. The first kappa shape index (κ1) is 27.4. The molecular formula is C29H32N2O8. The van der Waals surface area contributed by atoms with E-state index in [2.05, 4.69) is 5.32 Å². The molecule has 0 unspecified atom stereocenters. The lowest BCUT2D eigenvalue weighted by Gasteiger charge is -2.40. The number of fused-ring (bicyclic) bond motifs is 1. The van der Waals surface area contributed by atoms with Gasteiger partial charge in [-0.3, -0.25) is 9.59 Å². The molecule has 0 spiro atoms. The lowest BCUT2D eigenvalue weighted by Crippen LogP contribution is -2.44. The Labute approximate surface area is 227 Å². The third kappa shape index (κ3) is 4.97. The van der Waals surface area contributed by atoms with E-state index in [0.717, 1.165) is 0 Å². The first-order chi connectivity index (χ1) is 18.8. The van der Waals surface area contributed by atoms with Crippen molar-refractivity contribution in [2.75, 3.05) is 55.0 Å². The number of rotatable bonds is 9. The highest BCUT2D eigenvalue weighted by Gasteiger charge is 2.44. The van der Waals surface area contributed by atoms with E-state index in [-0.39, 0.29) is 11.8 Å². The van der Waals surface area contributed by atoms with Gasteiger partial charge in [-0.2, -0.15) is 0 Å². The van der Waals surface area contributed by atoms with Crippen LogP contribution in [-0.2, 0) is 4.79 Å². The number of carbonyl (C=O) groups excluding carboxylic acids is 2. The average Bonchev–Trinajstić information content (AvgIpc) is 2.97. The molecule has 1 N–H and O–H groups in total. The fraction of sp³-hybridized carbons (Fsp3) is 0.310. The number of carbonyl (C=O) groups is 2. The van der Waals surface area contributed by atoms with Crippen molar-refractivity contribution in [3.63, 3.8) is 0 Å². The molecule has 10 heteroatoms. The van der Waals surface area contributed by atoms with Gasteiger partial charge in [-0.15, -0.1) is 0 Å². The molecule has 0 aliphatic carbocycles. The van der Waals surface area contributed by atoms with Crippen molar-refractivity contribution in [2.45, 2.75) is 12.0 Å². The van der Waals surface area contributed by atoms with E-state index < -0.39 is 12.0 Å². The number of ether oxygens (including phenoxy) is 6. The first-order valence-electron chi connectivity index (χ1n) is 12.1. The van der Waals surface area contributed by atoms with Crippen LogP contribution in [0.1, 0.15) is 33.4 Å². The Balaban J connectivity index is 1.90. The van der Waals surface area contributed by atoms with Crippen molar-refractivity contribution in [2.24, 2.45) is 0 Å². The van der Waals surface area contributed by atoms with Crippen LogP contribution in [0.4, 0.5) is 5.69 Å². The van der Waals surface area contributed by atoms with Crippen molar-refractivity contribution in [1.82, 2.24) is 4.90 Å². The second-order valence-corrected chi connectivity index (χ2v) is 8.80. The molecule has 0 fully saturated rings. The third-order valence-electron chi connectivity index (χ3n) is 6.87. The summed E-state index contributed by atoms with van der Waals surface area (Å²) in [4.78, 5) is 29.4. The minimum atomic E-state index is -0.840. The Kier molecular flexibility index (Phi) is 8.04. The van der Waals surface area contributed by atoms with Crippen LogP contribution in [0.2, 0.25) is 0 Å². The van der Waals surface area contributed by atoms with Crippen LogP contribution in [0.25, 0.3) is 0 Å². The standard InChI is InChI=1S/C29H32N2O8/c1-31-27(16-8-11-21(35-3)23(12-16)37-5)26(18-14-24(38-6)25(39-7)15-19(18)29(31)33)28(32)30-20-10-9-17(34-2)13-22(20)36-4/h8-15,26-27H,1-7H3,(H,30,32)/t26-,27+/m0/s1. The van der Waals surface area contributed by atoms with E-state index in [9.17, 15) is 9.59 Å². The lowest BCUT2D eigenvalue weighted by atomic mass is 9.79. The van der Waals surface area contributed by atoms with Crippen LogP contribution in [0.5, 0.6) is 34.5 Å². The number of likely N-dealkylation sites (N-methyl/N-ethyl adjacent to an activating group) is 1.